The van der Waals surface area contributed by atoms with Gasteiger partial charge in [-0.1, -0.05) is 6.92 Å². The van der Waals surface area contributed by atoms with Crippen LogP contribution >= 0.6 is 0 Å². The Morgan fingerprint density at radius 2 is 2.06 bits per heavy atom. The quantitative estimate of drug-likeness (QED) is 0.760. The summed E-state index contributed by atoms with van der Waals surface area (Å²) in [6, 6.07) is 3.35. The zero-order valence-corrected chi connectivity index (χ0v) is 11.5. The van der Waals surface area contributed by atoms with Crippen LogP contribution < -0.4 is 10.1 Å². The molecule has 1 aromatic carbocycles. The zero-order chi connectivity index (χ0) is 13.5. The molecule has 0 spiro atoms. The number of rotatable bonds is 7. The summed E-state index contributed by atoms with van der Waals surface area (Å²) in [4.78, 5) is 0. The van der Waals surface area contributed by atoms with Crippen molar-refractivity contribution in [2.45, 2.75) is 26.8 Å². The van der Waals surface area contributed by atoms with Gasteiger partial charge in [-0.05, 0) is 38.1 Å². The number of ether oxygens (including phenoxy) is 2. The van der Waals surface area contributed by atoms with Crippen LogP contribution in [0.3, 0.4) is 0 Å². The largest absolute Gasteiger partial charge is 0.491 e. The highest BCUT2D eigenvalue weighted by Crippen LogP contribution is 2.28. The molecule has 0 saturated heterocycles. The number of methoxy groups -OCH3 is 1. The first-order valence-electron chi connectivity index (χ1n) is 6.25. The van der Waals surface area contributed by atoms with Crippen LogP contribution in [-0.4, -0.2) is 26.9 Å². The zero-order valence-electron chi connectivity index (χ0n) is 11.5. The van der Waals surface area contributed by atoms with E-state index >= 15 is 0 Å². The Hall–Kier alpha value is -1.13. The molecule has 0 bridgehead atoms. The fourth-order valence-corrected chi connectivity index (χ4v) is 1.78. The predicted molar refractivity (Wildman–Crippen MR) is 70.6 cm³/mol. The molecule has 0 aliphatic heterocycles. The normalized spacial score (nSPS) is 12.5. The van der Waals surface area contributed by atoms with Gasteiger partial charge in [-0.25, -0.2) is 4.39 Å². The second-order valence-electron chi connectivity index (χ2n) is 4.26. The summed E-state index contributed by atoms with van der Waals surface area (Å²) in [6.45, 7) is 7.57. The molecule has 0 aromatic heterocycles. The lowest BCUT2D eigenvalue weighted by atomic mass is 10.0. The van der Waals surface area contributed by atoms with Crippen molar-refractivity contribution in [1.82, 2.24) is 5.32 Å². The first kappa shape index (κ1) is 14.9. The Bertz CT molecular complexity index is 382. The Labute approximate surface area is 108 Å². The smallest absolute Gasteiger partial charge is 0.126 e. The van der Waals surface area contributed by atoms with Crippen LogP contribution in [0.4, 0.5) is 4.39 Å². The van der Waals surface area contributed by atoms with Crippen LogP contribution in [0.15, 0.2) is 12.1 Å². The molecular formula is C14H22FNO2. The van der Waals surface area contributed by atoms with Crippen molar-refractivity contribution in [1.29, 1.82) is 0 Å². The molecule has 4 heteroatoms. The van der Waals surface area contributed by atoms with Gasteiger partial charge in [0.1, 0.15) is 18.2 Å². The van der Waals surface area contributed by atoms with Crippen LogP contribution in [0.5, 0.6) is 5.75 Å². The summed E-state index contributed by atoms with van der Waals surface area (Å²) in [5.41, 5.74) is 1.44. The highest BCUT2D eigenvalue weighted by atomic mass is 19.1. The molecule has 1 aromatic rings. The van der Waals surface area contributed by atoms with Gasteiger partial charge in [0.2, 0.25) is 0 Å². The molecule has 1 atom stereocenters. The summed E-state index contributed by atoms with van der Waals surface area (Å²) in [7, 11) is 1.63. The van der Waals surface area contributed by atoms with E-state index in [9.17, 15) is 4.39 Å². The van der Waals surface area contributed by atoms with Crippen molar-refractivity contribution in [2.24, 2.45) is 0 Å². The monoisotopic (exact) mass is 255 g/mol. The van der Waals surface area contributed by atoms with Crippen molar-refractivity contribution >= 4 is 0 Å². The lowest BCUT2D eigenvalue weighted by Crippen LogP contribution is -2.19. The third kappa shape index (κ3) is 3.96. The summed E-state index contributed by atoms with van der Waals surface area (Å²) in [5.74, 6) is 0.522. The summed E-state index contributed by atoms with van der Waals surface area (Å²) in [5, 5.41) is 3.26. The molecule has 3 nitrogen and oxygen atoms in total. The minimum Gasteiger partial charge on any atom is -0.491 e. The second-order valence-corrected chi connectivity index (χ2v) is 4.26. The van der Waals surface area contributed by atoms with Gasteiger partial charge >= 0.3 is 0 Å². The molecule has 1 rings (SSSR count). The molecule has 0 fully saturated rings. The van der Waals surface area contributed by atoms with E-state index in [0.29, 0.717) is 18.8 Å². The Balaban J connectivity index is 2.93. The Kier molecular flexibility index (Phi) is 6.09. The number of benzene rings is 1. The van der Waals surface area contributed by atoms with E-state index in [1.54, 1.807) is 26.2 Å². The van der Waals surface area contributed by atoms with Gasteiger partial charge in [-0.15, -0.1) is 0 Å². The fraction of sp³-hybridized carbons (Fsp3) is 0.571. The summed E-state index contributed by atoms with van der Waals surface area (Å²) in [6.07, 6.45) is 0. The number of hydrogen-bond donors (Lipinski definition) is 1. The molecule has 0 aliphatic rings. The van der Waals surface area contributed by atoms with Crippen LogP contribution in [0, 0.1) is 12.7 Å². The van der Waals surface area contributed by atoms with E-state index in [1.165, 1.54) is 0 Å². The van der Waals surface area contributed by atoms with Crippen molar-refractivity contribution in [2.75, 3.05) is 26.9 Å². The third-order valence-corrected chi connectivity index (χ3v) is 2.81. The van der Waals surface area contributed by atoms with Crippen LogP contribution in [-0.2, 0) is 4.74 Å². The van der Waals surface area contributed by atoms with E-state index in [4.69, 9.17) is 9.47 Å². The SMILES string of the molecule is CCNC(C)c1cc(F)c(C)cc1OCCOC. The topological polar surface area (TPSA) is 30.5 Å². The van der Waals surface area contributed by atoms with Gasteiger partial charge < -0.3 is 14.8 Å². The van der Waals surface area contributed by atoms with Crippen molar-refractivity contribution in [3.8, 4) is 5.75 Å². The highest BCUT2D eigenvalue weighted by Gasteiger charge is 2.14. The van der Waals surface area contributed by atoms with E-state index in [2.05, 4.69) is 5.32 Å². The number of hydrogen-bond acceptors (Lipinski definition) is 3. The number of nitrogens with one attached hydrogen (secondary N) is 1. The maximum atomic E-state index is 13.6. The Morgan fingerprint density at radius 3 is 2.67 bits per heavy atom. The molecule has 0 heterocycles. The fourth-order valence-electron chi connectivity index (χ4n) is 1.78. The molecule has 0 aliphatic carbocycles. The van der Waals surface area contributed by atoms with Crippen molar-refractivity contribution in [3.05, 3.63) is 29.1 Å². The highest BCUT2D eigenvalue weighted by molar-refractivity contribution is 5.40. The minimum atomic E-state index is -0.200. The Morgan fingerprint density at radius 1 is 1.33 bits per heavy atom. The third-order valence-electron chi connectivity index (χ3n) is 2.81. The van der Waals surface area contributed by atoms with Crippen LogP contribution in [0.25, 0.3) is 0 Å². The molecule has 1 N–H and O–H groups in total. The molecule has 0 saturated carbocycles. The molecule has 18 heavy (non-hydrogen) atoms. The number of aryl methyl sites for hydroxylation is 1. The maximum absolute atomic E-state index is 13.6. The average Bonchev–Trinajstić information content (AvgIpc) is 2.34. The van der Waals surface area contributed by atoms with E-state index < -0.39 is 0 Å². The first-order valence-corrected chi connectivity index (χ1v) is 6.25. The predicted octanol–water partition coefficient (Wildman–Crippen LogP) is 2.83. The van der Waals surface area contributed by atoms with Crippen molar-refractivity contribution < 1.29 is 13.9 Å². The second kappa shape index (κ2) is 7.34. The molecule has 102 valence electrons. The molecule has 0 radical (unpaired) electrons. The van der Waals surface area contributed by atoms with E-state index in [0.717, 1.165) is 17.9 Å². The van der Waals surface area contributed by atoms with Gasteiger partial charge in [-0.3, -0.25) is 0 Å². The van der Waals surface area contributed by atoms with Crippen LogP contribution in [0.1, 0.15) is 31.0 Å². The average molecular weight is 255 g/mol. The van der Waals surface area contributed by atoms with Gasteiger partial charge in [0.25, 0.3) is 0 Å². The van der Waals surface area contributed by atoms with Crippen LogP contribution in [0.2, 0.25) is 0 Å². The minimum absolute atomic E-state index is 0.0580. The standard InChI is InChI=1S/C14H22FNO2/c1-5-16-11(3)12-9-13(15)10(2)8-14(12)18-7-6-17-4/h8-9,11,16H,5-7H2,1-4H3. The lowest BCUT2D eigenvalue weighted by molar-refractivity contribution is 0.145. The van der Waals surface area contributed by atoms with Gasteiger partial charge in [0.05, 0.1) is 6.61 Å². The van der Waals surface area contributed by atoms with Gasteiger partial charge in [0.15, 0.2) is 0 Å². The van der Waals surface area contributed by atoms with E-state index in [-0.39, 0.29) is 11.9 Å². The summed E-state index contributed by atoms with van der Waals surface area (Å²) >= 11 is 0. The van der Waals surface area contributed by atoms with Gasteiger partial charge in [0, 0.05) is 18.7 Å². The molecule has 1 unspecified atom stereocenters. The van der Waals surface area contributed by atoms with Crippen molar-refractivity contribution in [3.63, 3.8) is 0 Å². The lowest BCUT2D eigenvalue weighted by Gasteiger charge is -2.18. The maximum Gasteiger partial charge on any atom is 0.126 e. The first-order chi connectivity index (χ1) is 8.60. The molecule has 0 amide bonds. The molecular weight excluding hydrogens is 233 g/mol. The van der Waals surface area contributed by atoms with Gasteiger partial charge in [-0.2, -0.15) is 0 Å². The number of halogens is 1. The summed E-state index contributed by atoms with van der Waals surface area (Å²) < 4.78 is 24.2. The van der Waals surface area contributed by atoms with E-state index in [1.807, 2.05) is 13.8 Å².